The summed E-state index contributed by atoms with van der Waals surface area (Å²) in [7, 11) is -1.47. The average Bonchev–Trinajstić information content (AvgIpc) is 2.89. The number of hydrogen-bond donors (Lipinski definition) is 2. The highest BCUT2D eigenvalue weighted by Crippen LogP contribution is 2.58. The molecule has 0 spiro atoms. The summed E-state index contributed by atoms with van der Waals surface area (Å²) in [5, 5.41) is 19.9. The first-order valence-corrected chi connectivity index (χ1v) is 10.5. The lowest BCUT2D eigenvalue weighted by molar-refractivity contribution is 0.424. The summed E-state index contributed by atoms with van der Waals surface area (Å²) in [6.07, 6.45) is 0. The number of benzene rings is 3. The SMILES string of the molecule is CC1(C)c2cccc(B(O)O)c2Sc2c1ccc1c2-c2ccccc2C1(C)C. The van der Waals surface area contributed by atoms with Gasteiger partial charge in [-0.2, -0.15) is 0 Å². The van der Waals surface area contributed by atoms with Crippen molar-refractivity contribution in [3.63, 3.8) is 0 Å². The van der Waals surface area contributed by atoms with Gasteiger partial charge in [0.05, 0.1) is 0 Å². The first kappa shape index (κ1) is 18.1. The fraction of sp³-hybridized carbons (Fsp3) is 0.250. The van der Waals surface area contributed by atoms with Crippen molar-refractivity contribution in [1.29, 1.82) is 0 Å². The summed E-state index contributed by atoms with van der Waals surface area (Å²) in [4.78, 5) is 2.23. The predicted molar refractivity (Wildman–Crippen MR) is 117 cm³/mol. The Bertz CT molecular complexity index is 1130. The molecule has 0 atom stereocenters. The Morgan fingerprint density at radius 1 is 0.679 bits per heavy atom. The summed E-state index contributed by atoms with van der Waals surface area (Å²) in [6.45, 7) is 9.05. The third-order valence-electron chi connectivity index (χ3n) is 6.58. The Balaban J connectivity index is 1.85. The smallest absolute Gasteiger partial charge is 0.423 e. The van der Waals surface area contributed by atoms with Gasteiger partial charge in [0.15, 0.2) is 0 Å². The van der Waals surface area contributed by atoms with Gasteiger partial charge in [-0.15, -0.1) is 0 Å². The highest BCUT2D eigenvalue weighted by molar-refractivity contribution is 8.00. The van der Waals surface area contributed by atoms with Gasteiger partial charge in [0.1, 0.15) is 0 Å². The van der Waals surface area contributed by atoms with Crippen LogP contribution in [-0.4, -0.2) is 17.2 Å². The van der Waals surface area contributed by atoms with E-state index in [4.69, 9.17) is 0 Å². The highest BCUT2D eigenvalue weighted by Gasteiger charge is 2.42. The van der Waals surface area contributed by atoms with Crippen molar-refractivity contribution in [3.05, 3.63) is 76.9 Å². The molecule has 0 bridgehead atoms. The van der Waals surface area contributed by atoms with Crippen molar-refractivity contribution in [2.75, 3.05) is 0 Å². The van der Waals surface area contributed by atoms with E-state index < -0.39 is 7.12 Å². The van der Waals surface area contributed by atoms with E-state index in [-0.39, 0.29) is 10.8 Å². The van der Waals surface area contributed by atoms with Crippen LogP contribution in [-0.2, 0) is 10.8 Å². The molecule has 3 aromatic carbocycles. The lowest BCUT2D eigenvalue weighted by Crippen LogP contribution is -2.36. The van der Waals surface area contributed by atoms with E-state index in [9.17, 15) is 10.0 Å². The Morgan fingerprint density at radius 3 is 2.04 bits per heavy atom. The highest BCUT2D eigenvalue weighted by atomic mass is 32.2. The molecule has 0 radical (unpaired) electrons. The molecule has 1 aliphatic heterocycles. The van der Waals surface area contributed by atoms with Crippen LogP contribution in [0.25, 0.3) is 11.1 Å². The van der Waals surface area contributed by atoms with Crippen LogP contribution < -0.4 is 5.46 Å². The molecule has 1 aliphatic carbocycles. The second kappa shape index (κ2) is 5.76. The van der Waals surface area contributed by atoms with Gasteiger partial charge in [-0.3, -0.25) is 0 Å². The molecule has 2 aliphatic rings. The molecule has 1 heterocycles. The maximum Gasteiger partial charge on any atom is 0.489 e. The lowest BCUT2D eigenvalue weighted by atomic mass is 9.72. The van der Waals surface area contributed by atoms with Gasteiger partial charge in [-0.1, -0.05) is 94.1 Å². The molecular formula is C24H23BO2S. The molecule has 3 aromatic rings. The van der Waals surface area contributed by atoms with Gasteiger partial charge in [0.25, 0.3) is 0 Å². The van der Waals surface area contributed by atoms with E-state index >= 15 is 0 Å². The molecule has 0 fully saturated rings. The Morgan fingerprint density at radius 2 is 1.29 bits per heavy atom. The quantitative estimate of drug-likeness (QED) is 0.607. The molecule has 5 rings (SSSR count). The zero-order valence-electron chi connectivity index (χ0n) is 16.6. The summed E-state index contributed by atoms with van der Waals surface area (Å²) in [5.74, 6) is 0. The first-order valence-electron chi connectivity index (χ1n) is 9.70. The molecule has 2 nitrogen and oxygen atoms in total. The molecule has 0 aromatic heterocycles. The lowest BCUT2D eigenvalue weighted by Gasteiger charge is -2.37. The molecule has 140 valence electrons. The van der Waals surface area contributed by atoms with Gasteiger partial charge >= 0.3 is 7.12 Å². The molecule has 0 saturated heterocycles. The molecule has 0 amide bonds. The molecule has 0 saturated carbocycles. The average molecular weight is 386 g/mol. The topological polar surface area (TPSA) is 40.5 Å². The van der Waals surface area contributed by atoms with E-state index in [2.05, 4.69) is 70.2 Å². The number of hydrogen-bond acceptors (Lipinski definition) is 3. The Kier molecular flexibility index (Phi) is 3.71. The zero-order chi connectivity index (χ0) is 19.8. The molecule has 0 unspecified atom stereocenters. The van der Waals surface area contributed by atoms with Crippen LogP contribution in [0.3, 0.4) is 0 Å². The monoisotopic (exact) mass is 386 g/mol. The fourth-order valence-electron chi connectivity index (χ4n) is 4.97. The van der Waals surface area contributed by atoms with Gasteiger partial charge < -0.3 is 10.0 Å². The van der Waals surface area contributed by atoms with Crippen LogP contribution in [0.2, 0.25) is 0 Å². The standard InChI is InChI=1S/C24H23BO2S/c1-23(2)15-9-6-5-8-14(15)20-16(23)12-13-18-22(20)28-21-17(24(18,3)4)10-7-11-19(21)25(26)27/h5-13,26-27H,1-4H3. The first-order chi connectivity index (χ1) is 13.2. The van der Waals surface area contributed by atoms with Crippen molar-refractivity contribution in [2.24, 2.45) is 0 Å². The second-order valence-corrected chi connectivity index (χ2v) is 9.88. The van der Waals surface area contributed by atoms with E-state index in [0.717, 1.165) is 10.5 Å². The van der Waals surface area contributed by atoms with E-state index in [1.807, 2.05) is 12.1 Å². The largest absolute Gasteiger partial charge is 0.489 e. The minimum absolute atomic E-state index is 0.0397. The van der Waals surface area contributed by atoms with Gasteiger partial charge in [-0.05, 0) is 33.3 Å². The fourth-order valence-corrected chi connectivity index (χ4v) is 6.66. The minimum atomic E-state index is -1.47. The Labute approximate surface area is 170 Å². The molecule has 28 heavy (non-hydrogen) atoms. The maximum absolute atomic E-state index is 9.97. The van der Waals surface area contributed by atoms with Crippen molar-refractivity contribution >= 4 is 24.3 Å². The van der Waals surface area contributed by atoms with Crippen LogP contribution in [0.4, 0.5) is 0 Å². The number of rotatable bonds is 1. The Hall–Kier alpha value is -2.01. The number of fused-ring (bicyclic) bond motifs is 6. The summed E-state index contributed by atoms with van der Waals surface area (Å²) in [5.41, 5.74) is 8.11. The third-order valence-corrected chi connectivity index (χ3v) is 7.86. The van der Waals surface area contributed by atoms with Gasteiger partial charge in [-0.25, -0.2) is 0 Å². The summed E-state index contributed by atoms with van der Waals surface area (Å²) in [6, 6.07) is 19.1. The zero-order valence-corrected chi connectivity index (χ0v) is 17.4. The van der Waals surface area contributed by atoms with Crippen LogP contribution in [0, 0.1) is 0 Å². The van der Waals surface area contributed by atoms with Crippen molar-refractivity contribution in [1.82, 2.24) is 0 Å². The summed E-state index contributed by atoms with van der Waals surface area (Å²) < 4.78 is 0. The van der Waals surface area contributed by atoms with Crippen molar-refractivity contribution in [2.45, 2.75) is 48.3 Å². The van der Waals surface area contributed by atoms with Crippen LogP contribution in [0.1, 0.15) is 49.9 Å². The minimum Gasteiger partial charge on any atom is -0.423 e. The van der Waals surface area contributed by atoms with Crippen molar-refractivity contribution < 1.29 is 10.0 Å². The molecule has 2 N–H and O–H groups in total. The normalized spacial score (nSPS) is 17.4. The predicted octanol–water partition coefficient (Wildman–Crippen LogP) is 4.46. The van der Waals surface area contributed by atoms with E-state index in [1.54, 1.807) is 11.8 Å². The molecular weight excluding hydrogens is 363 g/mol. The summed E-state index contributed by atoms with van der Waals surface area (Å²) >= 11 is 1.69. The van der Waals surface area contributed by atoms with E-state index in [1.165, 1.54) is 32.7 Å². The van der Waals surface area contributed by atoms with Crippen molar-refractivity contribution in [3.8, 4) is 11.1 Å². The van der Waals surface area contributed by atoms with E-state index in [0.29, 0.717) is 5.46 Å². The molecule has 4 heteroatoms. The van der Waals surface area contributed by atoms with Crippen LogP contribution in [0.15, 0.2) is 64.4 Å². The maximum atomic E-state index is 9.97. The van der Waals surface area contributed by atoms with Crippen LogP contribution >= 0.6 is 11.8 Å². The van der Waals surface area contributed by atoms with Gasteiger partial charge in [0.2, 0.25) is 0 Å². The van der Waals surface area contributed by atoms with Gasteiger partial charge in [0, 0.05) is 26.2 Å². The van der Waals surface area contributed by atoms with Crippen LogP contribution in [0.5, 0.6) is 0 Å². The second-order valence-electron chi connectivity index (χ2n) is 8.86. The third kappa shape index (κ3) is 2.20.